The van der Waals surface area contributed by atoms with Crippen molar-refractivity contribution in [1.29, 1.82) is 0 Å². The van der Waals surface area contributed by atoms with Crippen molar-refractivity contribution in [1.82, 2.24) is 9.55 Å². The Hall–Kier alpha value is -4.25. The van der Waals surface area contributed by atoms with Crippen molar-refractivity contribution >= 4 is 16.7 Å². The van der Waals surface area contributed by atoms with E-state index >= 15 is 0 Å². The zero-order valence-corrected chi connectivity index (χ0v) is 19.2. The van der Waals surface area contributed by atoms with Crippen LogP contribution in [0.15, 0.2) is 97.1 Å². The molecule has 1 aromatic heterocycles. The first-order valence-corrected chi connectivity index (χ1v) is 11.4. The number of para-hydroxylation sites is 3. The van der Waals surface area contributed by atoms with Gasteiger partial charge in [-0.3, -0.25) is 4.57 Å². The number of benzene rings is 4. The van der Waals surface area contributed by atoms with Crippen LogP contribution in [-0.4, -0.2) is 23.8 Å². The highest BCUT2D eigenvalue weighted by atomic mass is 16.5. The quantitative estimate of drug-likeness (QED) is 0.318. The molecule has 5 aromatic rings. The van der Waals surface area contributed by atoms with Crippen LogP contribution in [0.4, 0.5) is 5.69 Å². The summed E-state index contributed by atoms with van der Waals surface area (Å²) in [5.41, 5.74) is 6.73. The second-order valence-electron chi connectivity index (χ2n) is 8.41. The molecule has 0 N–H and O–H groups in total. The molecule has 5 nitrogen and oxygen atoms in total. The number of anilines is 1. The Labute approximate surface area is 198 Å². The monoisotopic (exact) mass is 447 g/mol. The van der Waals surface area contributed by atoms with Gasteiger partial charge in [-0.25, -0.2) is 4.98 Å². The minimum atomic E-state index is -0.114. The molecule has 4 aromatic carbocycles. The average Bonchev–Trinajstić information content (AvgIpc) is 3.29. The predicted octanol–water partition coefficient (Wildman–Crippen LogP) is 6.29. The van der Waals surface area contributed by atoms with E-state index in [2.05, 4.69) is 94.4 Å². The van der Waals surface area contributed by atoms with Gasteiger partial charge in [-0.05, 0) is 47.5 Å². The molecule has 5 heteroatoms. The van der Waals surface area contributed by atoms with Gasteiger partial charge < -0.3 is 14.4 Å². The number of fused-ring (bicyclic) bond motifs is 5. The van der Waals surface area contributed by atoms with E-state index in [9.17, 15) is 0 Å². The molecule has 0 bridgehead atoms. The molecule has 0 saturated carbocycles. The van der Waals surface area contributed by atoms with Crippen LogP contribution in [-0.2, 0) is 6.54 Å². The second kappa shape index (κ2) is 8.27. The van der Waals surface area contributed by atoms with Gasteiger partial charge in [-0.2, -0.15) is 0 Å². The van der Waals surface area contributed by atoms with E-state index in [-0.39, 0.29) is 6.17 Å². The van der Waals surface area contributed by atoms with Crippen LogP contribution in [0.3, 0.4) is 0 Å². The maximum atomic E-state index is 5.68. The average molecular weight is 448 g/mol. The van der Waals surface area contributed by atoms with Gasteiger partial charge in [-0.15, -0.1) is 0 Å². The zero-order valence-electron chi connectivity index (χ0n) is 19.2. The first-order valence-electron chi connectivity index (χ1n) is 11.4. The third-order valence-corrected chi connectivity index (χ3v) is 6.49. The maximum absolute atomic E-state index is 5.68. The van der Waals surface area contributed by atoms with E-state index in [1.165, 1.54) is 5.56 Å². The Balaban J connectivity index is 1.63. The molecule has 1 aliphatic heterocycles. The van der Waals surface area contributed by atoms with Crippen LogP contribution in [0.5, 0.6) is 11.5 Å². The summed E-state index contributed by atoms with van der Waals surface area (Å²) < 4.78 is 13.6. The SMILES string of the molecule is COc1ccc(C2N(Cc3ccccc3)c3ccccc3-c3nc4ccccc4n32)cc1OC. The summed E-state index contributed by atoms with van der Waals surface area (Å²) in [6, 6.07) is 33.6. The molecular formula is C29H25N3O2. The van der Waals surface area contributed by atoms with Crippen LogP contribution in [0.25, 0.3) is 22.4 Å². The van der Waals surface area contributed by atoms with Crippen LogP contribution in [0, 0.1) is 0 Å². The Morgan fingerprint density at radius 2 is 1.50 bits per heavy atom. The molecule has 1 unspecified atom stereocenters. The summed E-state index contributed by atoms with van der Waals surface area (Å²) >= 11 is 0. The second-order valence-corrected chi connectivity index (χ2v) is 8.41. The fourth-order valence-corrected chi connectivity index (χ4v) is 4.96. The molecule has 0 spiro atoms. The lowest BCUT2D eigenvalue weighted by Crippen LogP contribution is -2.36. The molecule has 0 saturated heterocycles. The number of rotatable bonds is 5. The van der Waals surface area contributed by atoms with E-state index in [4.69, 9.17) is 14.5 Å². The molecular weight excluding hydrogens is 422 g/mol. The number of hydrogen-bond acceptors (Lipinski definition) is 4. The lowest BCUT2D eigenvalue weighted by atomic mass is 10.0. The number of ether oxygens (including phenoxy) is 2. The van der Waals surface area contributed by atoms with Gasteiger partial charge in [0.05, 0.1) is 25.3 Å². The minimum Gasteiger partial charge on any atom is -0.493 e. The summed E-state index contributed by atoms with van der Waals surface area (Å²) in [6.07, 6.45) is -0.114. The molecule has 0 fully saturated rings. The number of methoxy groups -OCH3 is 2. The topological polar surface area (TPSA) is 39.5 Å². The normalized spacial score (nSPS) is 14.5. The molecule has 6 rings (SSSR count). The Bertz CT molecular complexity index is 1480. The van der Waals surface area contributed by atoms with Gasteiger partial charge in [0.1, 0.15) is 12.0 Å². The largest absolute Gasteiger partial charge is 0.493 e. The van der Waals surface area contributed by atoms with Gasteiger partial charge in [0.25, 0.3) is 0 Å². The number of nitrogens with zero attached hydrogens (tertiary/aromatic N) is 3. The summed E-state index contributed by atoms with van der Waals surface area (Å²) in [5, 5.41) is 0. The molecule has 1 atom stereocenters. The first-order chi connectivity index (χ1) is 16.8. The van der Waals surface area contributed by atoms with Crippen molar-refractivity contribution in [2.45, 2.75) is 12.7 Å². The summed E-state index contributed by atoms with van der Waals surface area (Å²) in [7, 11) is 3.34. The van der Waals surface area contributed by atoms with Crippen LogP contribution < -0.4 is 14.4 Å². The van der Waals surface area contributed by atoms with Crippen molar-refractivity contribution in [2.24, 2.45) is 0 Å². The third kappa shape index (κ3) is 3.20. The molecule has 34 heavy (non-hydrogen) atoms. The van der Waals surface area contributed by atoms with Crippen molar-refractivity contribution in [3.05, 3.63) is 108 Å². The van der Waals surface area contributed by atoms with E-state index in [1.54, 1.807) is 14.2 Å². The van der Waals surface area contributed by atoms with Gasteiger partial charge in [0.15, 0.2) is 11.5 Å². The molecule has 0 radical (unpaired) electrons. The Morgan fingerprint density at radius 3 is 2.32 bits per heavy atom. The Kier molecular flexibility index (Phi) is 4.95. The van der Waals surface area contributed by atoms with Crippen LogP contribution in [0.1, 0.15) is 17.3 Å². The molecule has 2 heterocycles. The summed E-state index contributed by atoms with van der Waals surface area (Å²) in [6.45, 7) is 0.753. The minimum absolute atomic E-state index is 0.114. The van der Waals surface area contributed by atoms with Gasteiger partial charge in [0, 0.05) is 17.8 Å². The van der Waals surface area contributed by atoms with E-state index in [1.807, 2.05) is 12.1 Å². The Morgan fingerprint density at radius 1 is 0.765 bits per heavy atom. The standard InChI is InChI=1S/C29H25N3O2/c1-33-26-17-16-21(18-27(26)34-2)29-31(19-20-10-4-3-5-11-20)24-14-8-6-12-22(24)28-30-23-13-7-9-15-25(23)32(28)29/h3-18,29H,19H2,1-2H3. The lowest BCUT2D eigenvalue weighted by molar-refractivity contribution is 0.353. The maximum Gasteiger partial charge on any atom is 0.161 e. The first kappa shape index (κ1) is 20.4. The predicted molar refractivity (Wildman–Crippen MR) is 135 cm³/mol. The third-order valence-electron chi connectivity index (χ3n) is 6.49. The van der Waals surface area contributed by atoms with Gasteiger partial charge in [0.2, 0.25) is 0 Å². The number of imidazole rings is 1. The fraction of sp³-hybridized carbons (Fsp3) is 0.138. The van der Waals surface area contributed by atoms with Gasteiger partial charge in [-0.1, -0.05) is 60.7 Å². The van der Waals surface area contributed by atoms with E-state index < -0.39 is 0 Å². The van der Waals surface area contributed by atoms with Crippen LogP contribution in [0.2, 0.25) is 0 Å². The summed E-state index contributed by atoms with van der Waals surface area (Å²) in [4.78, 5) is 7.52. The zero-order chi connectivity index (χ0) is 23.1. The number of aromatic nitrogens is 2. The molecule has 0 aliphatic carbocycles. The lowest BCUT2D eigenvalue weighted by Gasteiger charge is -2.40. The molecule has 1 aliphatic rings. The summed E-state index contributed by atoms with van der Waals surface area (Å²) in [5.74, 6) is 2.40. The molecule has 168 valence electrons. The van der Waals surface area contributed by atoms with Crippen molar-refractivity contribution in [2.75, 3.05) is 19.1 Å². The van der Waals surface area contributed by atoms with Crippen molar-refractivity contribution < 1.29 is 9.47 Å². The van der Waals surface area contributed by atoms with Gasteiger partial charge >= 0.3 is 0 Å². The van der Waals surface area contributed by atoms with Crippen molar-refractivity contribution in [3.8, 4) is 22.9 Å². The van der Waals surface area contributed by atoms with E-state index in [0.29, 0.717) is 11.5 Å². The highest BCUT2D eigenvalue weighted by Crippen LogP contribution is 2.46. The van der Waals surface area contributed by atoms with E-state index in [0.717, 1.165) is 40.2 Å². The fourth-order valence-electron chi connectivity index (χ4n) is 4.96. The highest BCUT2D eigenvalue weighted by molar-refractivity contribution is 5.87. The highest BCUT2D eigenvalue weighted by Gasteiger charge is 2.34. The molecule has 0 amide bonds. The van der Waals surface area contributed by atoms with Crippen LogP contribution >= 0.6 is 0 Å². The van der Waals surface area contributed by atoms with Crippen molar-refractivity contribution in [3.63, 3.8) is 0 Å². The smallest absolute Gasteiger partial charge is 0.161 e. The number of hydrogen-bond donors (Lipinski definition) is 0.